The Morgan fingerprint density at radius 2 is 1.71 bits per heavy atom. The first-order valence-electron chi connectivity index (χ1n) is 21.2. The molecule has 5 aliphatic heterocycles. The monoisotopic (exact) mass is 810 g/mol. The maximum atomic E-state index is 15.3. The number of nitrogens with one attached hydrogen (secondary N) is 1. The van der Waals surface area contributed by atoms with Gasteiger partial charge in [0.2, 0.25) is 5.60 Å². The van der Waals surface area contributed by atoms with Crippen molar-refractivity contribution in [2.24, 2.45) is 11.3 Å². The summed E-state index contributed by atoms with van der Waals surface area (Å²) in [4.78, 5) is 53.2. The number of aromatic nitrogens is 1. The lowest BCUT2D eigenvalue weighted by molar-refractivity contribution is -0.228. The van der Waals surface area contributed by atoms with Crippen molar-refractivity contribution < 1.29 is 43.5 Å². The summed E-state index contributed by atoms with van der Waals surface area (Å²) in [6, 6.07) is 11.0. The summed E-state index contributed by atoms with van der Waals surface area (Å²) in [5.41, 5.74) is -1.62. The first kappa shape index (κ1) is 40.0. The molecule has 1 aromatic heterocycles. The van der Waals surface area contributed by atoms with E-state index in [0.29, 0.717) is 82.6 Å². The molecular weight excluding hydrogens is 753 g/mol. The third kappa shape index (κ3) is 5.20. The number of aromatic amines is 1. The van der Waals surface area contributed by atoms with E-state index < -0.39 is 57.5 Å². The molecule has 6 aliphatic rings. The smallest absolute Gasteiger partial charge is 0.344 e. The van der Waals surface area contributed by atoms with E-state index in [9.17, 15) is 19.8 Å². The minimum Gasteiger partial charge on any atom is -0.496 e. The van der Waals surface area contributed by atoms with Gasteiger partial charge in [0, 0.05) is 90.9 Å². The Hall–Kier alpha value is -4.43. The summed E-state index contributed by atoms with van der Waals surface area (Å²) in [5, 5.41) is 26.3. The number of nitrogens with zero attached hydrogens (tertiary/aromatic N) is 3. The maximum Gasteiger partial charge on any atom is 0.344 e. The molecule has 3 fully saturated rings. The van der Waals surface area contributed by atoms with E-state index >= 15 is 4.79 Å². The second kappa shape index (κ2) is 13.8. The Kier molecular flexibility index (Phi) is 9.36. The van der Waals surface area contributed by atoms with Crippen LogP contribution in [-0.4, -0.2) is 133 Å². The number of carbonyl (C=O) groups excluding carboxylic acids is 3. The molecule has 3 N–H and O–H groups in total. The van der Waals surface area contributed by atoms with Gasteiger partial charge in [-0.15, -0.1) is 0 Å². The first-order chi connectivity index (χ1) is 28.2. The average molecular weight is 811 g/mol. The van der Waals surface area contributed by atoms with Gasteiger partial charge in [-0.1, -0.05) is 44.2 Å². The number of hydrogen-bond donors (Lipinski definition) is 3. The predicted octanol–water partition coefficient (Wildman–Crippen LogP) is 3.99. The van der Waals surface area contributed by atoms with Gasteiger partial charge in [-0.05, 0) is 74.2 Å². The van der Waals surface area contributed by atoms with Crippen LogP contribution in [0.15, 0.2) is 48.6 Å². The van der Waals surface area contributed by atoms with E-state index in [1.54, 1.807) is 7.11 Å². The Labute approximate surface area is 345 Å². The minimum absolute atomic E-state index is 0.0986. The SMILES string of the molecule is CC[C@]1(O)C[C@@H]2CN(CCc3c([nH]c4ccccc34)[C@@](C(=O)OC)(c3cc4c(cc3OC)N(C)[C@H]3[C@](O)(C(=O)OC)[C@H](OC(C)=O)[C@]5(CC)C=CCN6CC[C@]43[C@@H]65)C2)C1. The zero-order chi connectivity index (χ0) is 41.9. The van der Waals surface area contributed by atoms with E-state index in [2.05, 4.69) is 39.1 Å². The van der Waals surface area contributed by atoms with E-state index in [1.807, 2.05) is 50.1 Å². The Balaban J connectivity index is 1.36. The van der Waals surface area contributed by atoms with Crippen molar-refractivity contribution in [3.05, 3.63) is 70.9 Å². The number of methoxy groups -OCH3 is 3. The summed E-state index contributed by atoms with van der Waals surface area (Å²) < 4.78 is 23.9. The van der Waals surface area contributed by atoms with E-state index in [-0.39, 0.29) is 12.0 Å². The third-order valence-electron chi connectivity index (χ3n) is 15.6. The number of hydrogen-bond acceptors (Lipinski definition) is 12. The lowest BCUT2D eigenvalue weighted by Crippen LogP contribution is -2.81. The van der Waals surface area contributed by atoms with Crippen LogP contribution in [0.4, 0.5) is 5.69 Å². The molecule has 59 heavy (non-hydrogen) atoms. The van der Waals surface area contributed by atoms with Gasteiger partial charge < -0.3 is 39.0 Å². The van der Waals surface area contributed by atoms with Crippen LogP contribution in [0.3, 0.4) is 0 Å². The van der Waals surface area contributed by atoms with Crippen LogP contribution in [-0.2, 0) is 45.8 Å². The molecule has 10 atom stereocenters. The number of H-pyrrole nitrogens is 1. The van der Waals surface area contributed by atoms with E-state index in [0.717, 1.165) is 33.4 Å². The van der Waals surface area contributed by atoms with Crippen molar-refractivity contribution >= 4 is 34.5 Å². The topological polar surface area (TPSA) is 154 Å². The van der Waals surface area contributed by atoms with Gasteiger partial charge in [0.1, 0.15) is 11.2 Å². The normalized spacial score (nSPS) is 37.0. The quantitative estimate of drug-likeness (QED) is 0.180. The number of para-hydroxylation sites is 1. The highest BCUT2D eigenvalue weighted by Crippen LogP contribution is 2.68. The number of anilines is 1. The summed E-state index contributed by atoms with van der Waals surface area (Å²) in [6.07, 6.45) is 5.94. The largest absolute Gasteiger partial charge is 0.496 e. The minimum atomic E-state index is -2.30. The third-order valence-corrected chi connectivity index (χ3v) is 15.6. The molecule has 13 nitrogen and oxygen atoms in total. The van der Waals surface area contributed by atoms with Crippen LogP contribution in [0.5, 0.6) is 5.75 Å². The van der Waals surface area contributed by atoms with Crippen LogP contribution in [0.2, 0.25) is 0 Å². The molecule has 2 bridgehead atoms. The number of fused-ring (bicyclic) bond motifs is 6. The number of carbonyl (C=O) groups is 3. The Bertz CT molecular complexity index is 2260. The van der Waals surface area contributed by atoms with Gasteiger partial charge in [0.25, 0.3) is 0 Å². The summed E-state index contributed by atoms with van der Waals surface area (Å²) in [7, 11) is 6.15. The molecule has 0 radical (unpaired) electrons. The molecule has 2 aromatic carbocycles. The second-order valence-electron chi connectivity index (χ2n) is 18.2. The van der Waals surface area contributed by atoms with Crippen molar-refractivity contribution in [3.8, 4) is 5.75 Å². The molecular formula is C46H58N4O9. The second-order valence-corrected chi connectivity index (χ2v) is 18.2. The summed E-state index contributed by atoms with van der Waals surface area (Å²) >= 11 is 0. The molecule has 3 aromatic rings. The molecule has 6 heterocycles. The molecule has 13 heteroatoms. The fourth-order valence-corrected chi connectivity index (χ4v) is 13.5. The van der Waals surface area contributed by atoms with E-state index in [4.69, 9.17) is 18.9 Å². The summed E-state index contributed by atoms with van der Waals surface area (Å²) in [6.45, 7) is 8.62. The standard InChI is InChI=1S/C46H58N4O9/c1-8-42(54)23-28-24-45(40(52)57-6,36-30(15-19-49(25-28)26-42)29-13-10-11-14-33(29)47-36)32-21-31-34(22-35(32)56-5)48(4)38-44(31)17-20-50-18-12-16-43(9-2,37(44)50)39(59-27(3)51)46(38,55)41(53)58-7/h10-14,16,21-22,28,37-39,47,54-55H,8-9,15,17-20,23-26H2,1-7H3/t28-,37-,38+,39+,42-,43+,44+,45-,46+/m0/s1. The van der Waals surface area contributed by atoms with Crippen LogP contribution in [0.1, 0.15) is 75.3 Å². The number of aliphatic hydroxyl groups is 2. The number of piperidine rings is 1. The van der Waals surface area contributed by atoms with Crippen molar-refractivity contribution in [2.75, 3.05) is 66.0 Å². The molecule has 1 saturated carbocycles. The zero-order valence-corrected chi connectivity index (χ0v) is 35.3. The first-order valence-corrected chi connectivity index (χ1v) is 21.2. The maximum absolute atomic E-state index is 15.3. The van der Waals surface area contributed by atoms with Gasteiger partial charge in [-0.2, -0.15) is 0 Å². The molecule has 1 unspecified atom stereocenters. The average Bonchev–Trinajstić information content (AvgIpc) is 3.90. The van der Waals surface area contributed by atoms with Crippen LogP contribution in [0.25, 0.3) is 10.9 Å². The van der Waals surface area contributed by atoms with Gasteiger partial charge in [0.15, 0.2) is 6.10 Å². The van der Waals surface area contributed by atoms with Crippen molar-refractivity contribution in [1.29, 1.82) is 0 Å². The van der Waals surface area contributed by atoms with Gasteiger partial charge in [-0.3, -0.25) is 19.4 Å². The van der Waals surface area contributed by atoms with Crippen molar-refractivity contribution in [2.45, 2.75) is 99.5 Å². The summed E-state index contributed by atoms with van der Waals surface area (Å²) in [5.74, 6) is -1.56. The van der Waals surface area contributed by atoms with Gasteiger partial charge in [0.05, 0.1) is 33.0 Å². The number of rotatable bonds is 7. The predicted molar refractivity (Wildman–Crippen MR) is 220 cm³/mol. The van der Waals surface area contributed by atoms with Crippen LogP contribution < -0.4 is 9.64 Å². The molecule has 316 valence electrons. The molecule has 2 saturated heterocycles. The van der Waals surface area contributed by atoms with Gasteiger partial charge >= 0.3 is 17.9 Å². The Morgan fingerprint density at radius 1 is 0.949 bits per heavy atom. The van der Waals surface area contributed by atoms with Gasteiger partial charge in [-0.25, -0.2) is 4.79 Å². The van der Waals surface area contributed by atoms with Crippen LogP contribution in [0, 0.1) is 11.3 Å². The van der Waals surface area contributed by atoms with Crippen molar-refractivity contribution in [1.82, 2.24) is 14.8 Å². The van der Waals surface area contributed by atoms with Crippen LogP contribution >= 0.6 is 0 Å². The lowest BCUT2D eigenvalue weighted by atomic mass is 9.47. The molecule has 1 aliphatic carbocycles. The number of esters is 3. The number of likely N-dealkylation sites (N-methyl/N-ethyl adjacent to an activating group) is 1. The lowest BCUT2D eigenvalue weighted by Gasteiger charge is -2.63. The van der Waals surface area contributed by atoms with Crippen molar-refractivity contribution in [3.63, 3.8) is 0 Å². The molecule has 9 rings (SSSR count). The highest BCUT2D eigenvalue weighted by molar-refractivity contribution is 5.95. The fraction of sp³-hybridized carbons (Fsp3) is 0.587. The Morgan fingerprint density at radius 3 is 2.41 bits per heavy atom. The molecule has 0 amide bonds. The highest BCUT2D eigenvalue weighted by atomic mass is 16.6. The highest BCUT2D eigenvalue weighted by Gasteiger charge is 2.80. The van der Waals surface area contributed by atoms with E-state index in [1.165, 1.54) is 21.1 Å². The molecule has 1 spiro atoms. The number of ether oxygens (including phenoxy) is 4. The fourth-order valence-electron chi connectivity index (χ4n) is 13.5. The zero-order valence-electron chi connectivity index (χ0n) is 35.3. The number of benzene rings is 2.